The second kappa shape index (κ2) is 8.98. The van der Waals surface area contributed by atoms with Gasteiger partial charge in [-0.1, -0.05) is 36.4 Å². The maximum absolute atomic E-state index is 12.8. The van der Waals surface area contributed by atoms with E-state index in [-0.39, 0.29) is 6.61 Å². The number of rotatable bonds is 5. The molecule has 0 saturated carbocycles. The molecule has 0 radical (unpaired) electrons. The largest absolute Gasteiger partial charge is 0.463 e. The van der Waals surface area contributed by atoms with Crippen LogP contribution in [-0.2, 0) is 21.9 Å². The molecule has 0 unspecified atom stereocenters. The average Bonchev–Trinajstić information content (AvgIpc) is 2.64. The van der Waals surface area contributed by atoms with Gasteiger partial charge in [0.05, 0.1) is 17.7 Å². The van der Waals surface area contributed by atoms with E-state index >= 15 is 0 Å². The Kier molecular flexibility index (Phi) is 6.89. The van der Waals surface area contributed by atoms with Crippen LogP contribution in [0.25, 0.3) is 5.57 Å². The normalized spacial score (nSPS) is 12.1. The van der Waals surface area contributed by atoms with E-state index < -0.39 is 29.4 Å². The third-order valence-corrected chi connectivity index (χ3v) is 3.83. The summed E-state index contributed by atoms with van der Waals surface area (Å²) in [6.07, 6.45) is -5.18. The first kappa shape index (κ1) is 22.3. The van der Waals surface area contributed by atoms with Crippen molar-refractivity contribution >= 4 is 11.5 Å². The van der Waals surface area contributed by atoms with Crippen LogP contribution in [0, 0.1) is 0 Å². The number of allylic oxidation sites excluding steroid dienone is 2. The van der Waals surface area contributed by atoms with Gasteiger partial charge in [0.15, 0.2) is 0 Å². The Balaban J connectivity index is 2.44. The van der Waals surface area contributed by atoms with Crippen LogP contribution >= 0.6 is 0 Å². The van der Waals surface area contributed by atoms with Crippen LogP contribution < -0.4 is 0 Å². The Morgan fingerprint density at radius 3 is 1.59 bits per heavy atom. The number of ether oxygens (including phenoxy) is 1. The van der Waals surface area contributed by atoms with Gasteiger partial charge in [-0.25, -0.2) is 4.79 Å². The molecule has 0 aromatic heterocycles. The van der Waals surface area contributed by atoms with Crippen molar-refractivity contribution in [1.29, 1.82) is 0 Å². The molecule has 0 N–H and O–H groups in total. The van der Waals surface area contributed by atoms with Gasteiger partial charge in [0.1, 0.15) is 0 Å². The molecule has 2 aromatic carbocycles. The monoisotopic (exact) mass is 414 g/mol. The Bertz CT molecular complexity index is 829. The summed E-state index contributed by atoms with van der Waals surface area (Å²) in [4.78, 5) is 11.4. The van der Waals surface area contributed by atoms with Gasteiger partial charge in [-0.15, -0.1) is 0 Å². The zero-order valence-corrected chi connectivity index (χ0v) is 15.1. The maximum atomic E-state index is 12.8. The van der Waals surface area contributed by atoms with Crippen molar-refractivity contribution in [3.8, 4) is 0 Å². The first-order valence-electron chi connectivity index (χ1n) is 8.42. The van der Waals surface area contributed by atoms with Crippen LogP contribution in [0.1, 0.15) is 29.2 Å². The van der Waals surface area contributed by atoms with Crippen LogP contribution in [0.5, 0.6) is 0 Å². The zero-order chi connectivity index (χ0) is 21.7. The van der Waals surface area contributed by atoms with Crippen LogP contribution in [0.2, 0.25) is 0 Å². The predicted molar refractivity (Wildman–Crippen MR) is 95.7 cm³/mol. The summed E-state index contributed by atoms with van der Waals surface area (Å²) < 4.78 is 81.4. The molecule has 2 nitrogen and oxygen atoms in total. The van der Waals surface area contributed by atoms with E-state index in [1.54, 1.807) is 6.92 Å². The highest BCUT2D eigenvalue weighted by molar-refractivity contribution is 5.85. The molecule has 2 rings (SSSR count). The molecule has 0 fully saturated rings. The summed E-state index contributed by atoms with van der Waals surface area (Å²) in [5, 5.41) is 0. The second-order valence-corrected chi connectivity index (χ2v) is 5.84. The lowest BCUT2D eigenvalue weighted by Crippen LogP contribution is -2.05. The summed E-state index contributed by atoms with van der Waals surface area (Å²) >= 11 is 0. The van der Waals surface area contributed by atoms with Gasteiger partial charge in [-0.05, 0) is 47.9 Å². The molecule has 0 aliphatic rings. The molecule has 0 saturated heterocycles. The molecule has 0 bridgehead atoms. The molecule has 2 aromatic rings. The molecule has 0 amide bonds. The number of alkyl halides is 6. The first-order chi connectivity index (χ1) is 13.5. The van der Waals surface area contributed by atoms with Gasteiger partial charge >= 0.3 is 18.3 Å². The summed E-state index contributed by atoms with van der Waals surface area (Å²) in [5.41, 5.74) is -0.685. The van der Waals surface area contributed by atoms with Gasteiger partial charge in [0.2, 0.25) is 0 Å². The van der Waals surface area contributed by atoms with Crippen molar-refractivity contribution in [2.24, 2.45) is 0 Å². The molecule has 0 aliphatic carbocycles. The van der Waals surface area contributed by atoms with E-state index in [1.807, 2.05) is 0 Å². The van der Waals surface area contributed by atoms with E-state index in [9.17, 15) is 31.1 Å². The van der Waals surface area contributed by atoms with Crippen molar-refractivity contribution in [1.82, 2.24) is 0 Å². The van der Waals surface area contributed by atoms with E-state index in [1.165, 1.54) is 36.4 Å². The summed E-state index contributed by atoms with van der Waals surface area (Å²) in [6.45, 7) is 1.79. The maximum Gasteiger partial charge on any atom is 0.416 e. The number of hydrogen-bond acceptors (Lipinski definition) is 2. The highest BCUT2D eigenvalue weighted by Gasteiger charge is 2.31. The SMILES string of the molecule is CCOC(=O)/C=C/C=C(c1ccc(C(F)(F)F)cc1)c1ccc(C(F)(F)F)cc1. The highest BCUT2D eigenvalue weighted by Crippen LogP contribution is 2.33. The van der Waals surface area contributed by atoms with Crippen molar-refractivity contribution in [2.75, 3.05) is 6.61 Å². The average molecular weight is 414 g/mol. The number of esters is 1. The highest BCUT2D eigenvalue weighted by atomic mass is 19.4. The lowest BCUT2D eigenvalue weighted by molar-refractivity contribution is -0.138. The Morgan fingerprint density at radius 2 is 1.24 bits per heavy atom. The Hall–Kier alpha value is -3.03. The molecule has 0 heterocycles. The molecule has 0 atom stereocenters. The number of halogens is 6. The molecule has 0 aliphatic heterocycles. The number of benzene rings is 2. The van der Waals surface area contributed by atoms with E-state index in [0.29, 0.717) is 16.7 Å². The molecule has 29 heavy (non-hydrogen) atoms. The lowest BCUT2D eigenvalue weighted by atomic mass is 9.95. The number of carbonyl (C=O) groups is 1. The first-order valence-corrected chi connectivity index (χ1v) is 8.42. The summed E-state index contributed by atoms with van der Waals surface area (Å²) in [6, 6.07) is 8.36. The van der Waals surface area contributed by atoms with Gasteiger partial charge in [0, 0.05) is 6.08 Å². The van der Waals surface area contributed by atoms with Gasteiger partial charge < -0.3 is 4.74 Å². The van der Waals surface area contributed by atoms with Crippen LogP contribution in [0.3, 0.4) is 0 Å². The fraction of sp³-hybridized carbons (Fsp3) is 0.190. The van der Waals surface area contributed by atoms with Crippen molar-refractivity contribution in [3.63, 3.8) is 0 Å². The van der Waals surface area contributed by atoms with Crippen molar-refractivity contribution in [3.05, 3.63) is 89.0 Å². The summed E-state index contributed by atoms with van der Waals surface area (Å²) in [7, 11) is 0. The van der Waals surface area contributed by atoms with Crippen LogP contribution in [0.4, 0.5) is 26.3 Å². The minimum Gasteiger partial charge on any atom is -0.463 e. The molecule has 0 spiro atoms. The Morgan fingerprint density at radius 1 is 0.828 bits per heavy atom. The van der Waals surface area contributed by atoms with E-state index in [2.05, 4.69) is 0 Å². The number of carbonyl (C=O) groups excluding carboxylic acids is 1. The summed E-state index contributed by atoms with van der Waals surface area (Å²) in [5.74, 6) is -0.622. The minimum atomic E-state index is -4.51. The third kappa shape index (κ3) is 6.23. The topological polar surface area (TPSA) is 26.3 Å². The second-order valence-electron chi connectivity index (χ2n) is 5.84. The van der Waals surface area contributed by atoms with Crippen LogP contribution in [-0.4, -0.2) is 12.6 Å². The van der Waals surface area contributed by atoms with Crippen molar-refractivity contribution < 1.29 is 35.9 Å². The smallest absolute Gasteiger partial charge is 0.416 e. The fourth-order valence-electron chi connectivity index (χ4n) is 2.45. The molecule has 8 heteroatoms. The molecular formula is C21H16F6O2. The molecule has 154 valence electrons. The van der Waals surface area contributed by atoms with Crippen molar-refractivity contribution in [2.45, 2.75) is 19.3 Å². The lowest BCUT2D eigenvalue weighted by Gasteiger charge is -2.12. The minimum absolute atomic E-state index is 0.164. The zero-order valence-electron chi connectivity index (χ0n) is 15.1. The quantitative estimate of drug-likeness (QED) is 0.249. The van der Waals surface area contributed by atoms with E-state index in [4.69, 9.17) is 4.74 Å². The standard InChI is InChI=1S/C21H16F6O2/c1-2-29-19(28)5-3-4-18(14-6-10-16(11-7-14)20(22,23)24)15-8-12-17(13-9-15)21(25,26)27/h3-13H,2H2,1H3/b5-3+. The van der Waals surface area contributed by atoms with Crippen LogP contribution in [0.15, 0.2) is 66.8 Å². The predicted octanol–water partition coefficient (Wildman–Crippen LogP) is 6.28. The van der Waals surface area contributed by atoms with E-state index in [0.717, 1.165) is 30.3 Å². The molecular weight excluding hydrogens is 398 g/mol. The van der Waals surface area contributed by atoms with Gasteiger partial charge in [-0.2, -0.15) is 26.3 Å². The van der Waals surface area contributed by atoms with Gasteiger partial charge in [-0.3, -0.25) is 0 Å². The van der Waals surface area contributed by atoms with Gasteiger partial charge in [0.25, 0.3) is 0 Å². The number of hydrogen-bond donors (Lipinski definition) is 0. The third-order valence-electron chi connectivity index (χ3n) is 3.83. The fourth-order valence-corrected chi connectivity index (χ4v) is 2.45. The Labute approximate surface area is 163 Å².